The maximum Gasteiger partial charge on any atom is 0.306 e. The summed E-state index contributed by atoms with van der Waals surface area (Å²) in [4.78, 5) is 38.2. The summed E-state index contributed by atoms with van der Waals surface area (Å²) in [5, 5.41) is 0. The van der Waals surface area contributed by atoms with Crippen molar-refractivity contribution in [3.05, 3.63) is 36.5 Å². The van der Waals surface area contributed by atoms with Crippen LogP contribution in [0, 0.1) is 0 Å². The summed E-state index contributed by atoms with van der Waals surface area (Å²) in [5.74, 6) is -0.870. The van der Waals surface area contributed by atoms with E-state index in [4.69, 9.17) is 14.2 Å². The largest absolute Gasteiger partial charge is 0.462 e. The molecule has 0 rings (SSSR count). The van der Waals surface area contributed by atoms with Gasteiger partial charge in [0, 0.05) is 19.3 Å². The topological polar surface area (TPSA) is 78.9 Å². The Morgan fingerprint density at radius 1 is 0.264 bits per heavy atom. The first-order valence-corrected chi connectivity index (χ1v) is 32.0. The predicted octanol–water partition coefficient (Wildman–Crippen LogP) is 21.6. The third kappa shape index (κ3) is 58.5. The lowest BCUT2D eigenvalue weighted by molar-refractivity contribution is -0.167. The summed E-state index contributed by atoms with van der Waals surface area (Å²) in [7, 11) is 0. The number of ether oxygens (including phenoxy) is 3. The van der Waals surface area contributed by atoms with E-state index in [2.05, 4.69) is 57.2 Å². The number of allylic oxidation sites excluding steroid dienone is 6. The van der Waals surface area contributed by atoms with Crippen molar-refractivity contribution in [2.24, 2.45) is 0 Å². The first-order valence-electron chi connectivity index (χ1n) is 32.0. The van der Waals surface area contributed by atoms with Crippen LogP contribution in [0.3, 0.4) is 0 Å². The molecule has 0 aromatic heterocycles. The molecule has 0 aliphatic heterocycles. The van der Waals surface area contributed by atoms with Gasteiger partial charge >= 0.3 is 17.9 Å². The van der Waals surface area contributed by atoms with Gasteiger partial charge in [-0.3, -0.25) is 14.4 Å². The summed E-state index contributed by atoms with van der Waals surface area (Å²) in [6, 6.07) is 0. The van der Waals surface area contributed by atoms with Gasteiger partial charge in [0.2, 0.25) is 0 Å². The number of carbonyl (C=O) groups excluding carboxylic acids is 3. The summed E-state index contributed by atoms with van der Waals surface area (Å²) in [5.41, 5.74) is 0. The van der Waals surface area contributed by atoms with E-state index in [0.717, 1.165) is 70.6 Å². The Balaban J connectivity index is 4.15. The van der Waals surface area contributed by atoms with Gasteiger partial charge in [0.15, 0.2) is 6.10 Å². The molecule has 0 saturated carbocycles. The van der Waals surface area contributed by atoms with Crippen LogP contribution in [0.25, 0.3) is 0 Å². The van der Waals surface area contributed by atoms with Crippen LogP contribution in [0.4, 0.5) is 0 Å². The van der Waals surface area contributed by atoms with Crippen molar-refractivity contribution in [3.63, 3.8) is 0 Å². The fourth-order valence-corrected chi connectivity index (χ4v) is 9.50. The molecule has 0 spiro atoms. The molecule has 6 nitrogen and oxygen atoms in total. The molecule has 0 heterocycles. The van der Waals surface area contributed by atoms with Crippen molar-refractivity contribution in [1.29, 1.82) is 0 Å². The zero-order valence-corrected chi connectivity index (χ0v) is 48.5. The van der Waals surface area contributed by atoms with Crippen molar-refractivity contribution in [1.82, 2.24) is 0 Å². The van der Waals surface area contributed by atoms with Crippen molar-refractivity contribution >= 4 is 17.9 Å². The van der Waals surface area contributed by atoms with E-state index in [1.165, 1.54) is 238 Å². The molecule has 1 atom stereocenters. The zero-order chi connectivity index (χ0) is 52.2. The Hall–Kier alpha value is -2.37. The Kier molecular flexibility index (Phi) is 59.2. The Labute approximate surface area is 448 Å². The van der Waals surface area contributed by atoms with Crippen LogP contribution in [-0.2, 0) is 28.6 Å². The van der Waals surface area contributed by atoms with Gasteiger partial charge in [-0.2, -0.15) is 0 Å². The molecule has 1 unspecified atom stereocenters. The van der Waals surface area contributed by atoms with Crippen LogP contribution in [0.15, 0.2) is 36.5 Å². The minimum atomic E-state index is -0.775. The summed E-state index contributed by atoms with van der Waals surface area (Å²) in [6.45, 7) is 6.61. The van der Waals surface area contributed by atoms with Gasteiger partial charge in [0.25, 0.3) is 0 Å². The molecule has 0 N–H and O–H groups in total. The van der Waals surface area contributed by atoms with E-state index < -0.39 is 6.10 Å². The van der Waals surface area contributed by atoms with Gasteiger partial charge in [-0.1, -0.05) is 276 Å². The molecular formula is C66H122O6. The normalized spacial score (nSPS) is 12.2. The molecule has 0 aliphatic carbocycles. The highest BCUT2D eigenvalue weighted by molar-refractivity contribution is 5.71. The van der Waals surface area contributed by atoms with E-state index in [-0.39, 0.29) is 31.1 Å². The number of rotatable bonds is 59. The Morgan fingerprint density at radius 2 is 0.486 bits per heavy atom. The van der Waals surface area contributed by atoms with Crippen molar-refractivity contribution in [2.75, 3.05) is 13.2 Å². The second-order valence-electron chi connectivity index (χ2n) is 21.7. The van der Waals surface area contributed by atoms with Crippen LogP contribution in [0.2, 0.25) is 0 Å². The molecule has 0 aromatic carbocycles. The Morgan fingerprint density at radius 3 is 0.750 bits per heavy atom. The maximum absolute atomic E-state index is 12.9. The lowest BCUT2D eigenvalue weighted by atomic mass is 10.0. The molecular weight excluding hydrogens is 889 g/mol. The lowest BCUT2D eigenvalue weighted by Gasteiger charge is -2.18. The number of hydrogen-bond acceptors (Lipinski definition) is 6. The number of esters is 3. The summed E-state index contributed by atoms with van der Waals surface area (Å²) in [6.07, 6.45) is 74.5. The summed E-state index contributed by atoms with van der Waals surface area (Å²) < 4.78 is 16.9. The monoisotopic (exact) mass is 1010 g/mol. The molecule has 0 aromatic rings. The highest BCUT2D eigenvalue weighted by atomic mass is 16.6. The van der Waals surface area contributed by atoms with Crippen molar-refractivity contribution < 1.29 is 28.6 Å². The predicted molar refractivity (Wildman–Crippen MR) is 312 cm³/mol. The van der Waals surface area contributed by atoms with Gasteiger partial charge in [-0.15, -0.1) is 0 Å². The van der Waals surface area contributed by atoms with E-state index in [1.807, 2.05) is 0 Å². The first kappa shape index (κ1) is 69.6. The van der Waals surface area contributed by atoms with Crippen LogP contribution in [0.5, 0.6) is 0 Å². The minimum absolute atomic E-state index is 0.0733. The lowest BCUT2D eigenvalue weighted by Crippen LogP contribution is -2.30. The van der Waals surface area contributed by atoms with Gasteiger partial charge < -0.3 is 14.2 Å². The molecule has 0 amide bonds. The first-order chi connectivity index (χ1) is 35.5. The second kappa shape index (κ2) is 61.2. The SMILES string of the molecule is CCC/C=C\CCCCCCCC(=O)OCC(COC(=O)CCCCCCCCCCCCCCCCC/C=C\CCCCCCCCCC)OC(=O)CCCCCCCCC/C=C\CCCCCCCC. The third-order valence-electron chi connectivity index (χ3n) is 14.3. The molecule has 72 heavy (non-hydrogen) atoms. The fourth-order valence-electron chi connectivity index (χ4n) is 9.50. The molecule has 422 valence electrons. The van der Waals surface area contributed by atoms with Crippen molar-refractivity contribution in [3.8, 4) is 0 Å². The highest BCUT2D eigenvalue weighted by Gasteiger charge is 2.19. The number of hydrogen-bond donors (Lipinski definition) is 0. The van der Waals surface area contributed by atoms with E-state index in [1.54, 1.807) is 0 Å². The molecule has 0 saturated heterocycles. The number of carbonyl (C=O) groups is 3. The minimum Gasteiger partial charge on any atom is -0.462 e. The molecule has 0 bridgehead atoms. The number of unbranched alkanes of at least 4 members (excludes halogenated alkanes) is 42. The van der Waals surface area contributed by atoms with Gasteiger partial charge in [0.1, 0.15) is 13.2 Å². The zero-order valence-electron chi connectivity index (χ0n) is 48.5. The Bertz CT molecular complexity index is 1210. The van der Waals surface area contributed by atoms with Crippen LogP contribution < -0.4 is 0 Å². The fraction of sp³-hybridized carbons (Fsp3) is 0.864. The molecule has 0 fully saturated rings. The second-order valence-corrected chi connectivity index (χ2v) is 21.7. The molecule has 6 heteroatoms. The quantitative estimate of drug-likeness (QED) is 0.0261. The van der Waals surface area contributed by atoms with E-state index in [9.17, 15) is 14.4 Å². The summed E-state index contributed by atoms with van der Waals surface area (Å²) >= 11 is 0. The third-order valence-corrected chi connectivity index (χ3v) is 14.3. The van der Waals surface area contributed by atoms with E-state index >= 15 is 0 Å². The molecule has 0 radical (unpaired) electrons. The standard InChI is InChI=1S/C66H122O6/c1-4-7-10-13-16-19-22-24-26-28-29-30-31-32-33-34-35-36-37-39-40-42-44-47-50-53-56-59-65(68)71-62-63(61-70-64(67)58-55-52-49-46-21-18-15-12-9-6-3)72-66(69)60-57-54-51-48-45-43-41-38-27-25-23-20-17-14-11-8-5-2/h12,15,25,27-29,63H,4-11,13-14,16-24,26,30-62H2,1-3H3/b15-12-,27-25-,29-28-. The average Bonchev–Trinajstić information content (AvgIpc) is 3.38. The van der Waals surface area contributed by atoms with Crippen molar-refractivity contribution in [2.45, 2.75) is 354 Å². The average molecular weight is 1010 g/mol. The van der Waals surface area contributed by atoms with Crippen LogP contribution in [-0.4, -0.2) is 37.2 Å². The van der Waals surface area contributed by atoms with Gasteiger partial charge in [0.05, 0.1) is 0 Å². The van der Waals surface area contributed by atoms with E-state index in [0.29, 0.717) is 19.3 Å². The maximum atomic E-state index is 12.9. The highest BCUT2D eigenvalue weighted by Crippen LogP contribution is 2.17. The van der Waals surface area contributed by atoms with Gasteiger partial charge in [-0.05, 0) is 89.9 Å². The smallest absolute Gasteiger partial charge is 0.306 e. The van der Waals surface area contributed by atoms with Crippen LogP contribution in [0.1, 0.15) is 348 Å². The molecule has 0 aliphatic rings. The van der Waals surface area contributed by atoms with Gasteiger partial charge in [-0.25, -0.2) is 0 Å². The van der Waals surface area contributed by atoms with Crippen LogP contribution >= 0.6 is 0 Å².